The van der Waals surface area contributed by atoms with Gasteiger partial charge in [0.15, 0.2) is 5.78 Å². The number of aryl methyl sites for hydroxylation is 2. The summed E-state index contributed by atoms with van der Waals surface area (Å²) in [7, 11) is 2.13. The van der Waals surface area contributed by atoms with E-state index in [9.17, 15) is 4.79 Å². The predicted molar refractivity (Wildman–Crippen MR) is 74.2 cm³/mol. The van der Waals surface area contributed by atoms with Crippen LogP contribution in [0.2, 0.25) is 0 Å². The maximum atomic E-state index is 12.3. The van der Waals surface area contributed by atoms with Crippen molar-refractivity contribution in [3.05, 3.63) is 34.9 Å². The fraction of sp³-hybridized carbons (Fsp3) is 0.533. The molecule has 1 aromatic rings. The van der Waals surface area contributed by atoms with E-state index >= 15 is 0 Å². The van der Waals surface area contributed by atoms with Crippen LogP contribution in [0.4, 0.5) is 0 Å². The molecule has 0 amide bonds. The Hall–Kier alpha value is -1.19. The molecule has 0 bridgehead atoms. The molecule has 2 rings (SSSR count). The van der Waals surface area contributed by atoms with Crippen molar-refractivity contribution < 1.29 is 4.79 Å². The summed E-state index contributed by atoms with van der Waals surface area (Å²) in [4.78, 5) is 16.8. The average Bonchev–Trinajstić information content (AvgIpc) is 2.32. The van der Waals surface area contributed by atoms with E-state index in [0.29, 0.717) is 6.54 Å². The molecular weight excluding hydrogens is 224 g/mol. The summed E-state index contributed by atoms with van der Waals surface area (Å²) in [5.41, 5.74) is 3.18. The lowest BCUT2D eigenvalue weighted by molar-refractivity contribution is 0.0876. The number of nitrogens with zero attached hydrogens (tertiary/aromatic N) is 2. The Morgan fingerprint density at radius 3 is 2.44 bits per heavy atom. The fourth-order valence-electron chi connectivity index (χ4n) is 2.42. The number of ketones is 1. The van der Waals surface area contributed by atoms with Gasteiger partial charge in [0.25, 0.3) is 0 Å². The smallest absolute Gasteiger partial charge is 0.177 e. The van der Waals surface area contributed by atoms with Crippen molar-refractivity contribution in [2.75, 3.05) is 39.8 Å². The summed E-state index contributed by atoms with van der Waals surface area (Å²) in [5, 5.41) is 0. The Labute approximate surface area is 109 Å². The van der Waals surface area contributed by atoms with Crippen LogP contribution in [0.3, 0.4) is 0 Å². The zero-order valence-electron chi connectivity index (χ0n) is 11.6. The largest absolute Gasteiger partial charge is 0.304 e. The van der Waals surface area contributed by atoms with Gasteiger partial charge < -0.3 is 4.90 Å². The minimum Gasteiger partial charge on any atom is -0.304 e. The molecule has 0 atom stereocenters. The molecule has 98 valence electrons. The van der Waals surface area contributed by atoms with E-state index in [1.54, 1.807) is 0 Å². The number of Topliss-reactive ketones (excluding diaryl/α,β-unsaturated/α-hetero) is 1. The van der Waals surface area contributed by atoms with Gasteiger partial charge >= 0.3 is 0 Å². The maximum absolute atomic E-state index is 12.3. The van der Waals surface area contributed by atoms with Crippen molar-refractivity contribution in [1.29, 1.82) is 0 Å². The molecule has 1 heterocycles. The number of hydrogen-bond donors (Lipinski definition) is 0. The molecule has 0 aromatic heterocycles. The lowest BCUT2D eigenvalue weighted by Gasteiger charge is -2.31. The quantitative estimate of drug-likeness (QED) is 0.759. The van der Waals surface area contributed by atoms with Gasteiger partial charge in [0.1, 0.15) is 0 Å². The van der Waals surface area contributed by atoms with Crippen molar-refractivity contribution in [1.82, 2.24) is 9.80 Å². The van der Waals surface area contributed by atoms with Crippen LogP contribution in [0.25, 0.3) is 0 Å². The summed E-state index contributed by atoms with van der Waals surface area (Å²) >= 11 is 0. The number of rotatable bonds is 3. The van der Waals surface area contributed by atoms with E-state index in [1.165, 1.54) is 5.56 Å². The molecule has 3 heteroatoms. The molecule has 1 fully saturated rings. The Morgan fingerprint density at radius 1 is 1.17 bits per heavy atom. The number of benzene rings is 1. The lowest BCUT2D eigenvalue weighted by Crippen LogP contribution is -2.46. The second kappa shape index (κ2) is 5.63. The Morgan fingerprint density at radius 2 is 1.83 bits per heavy atom. The van der Waals surface area contributed by atoms with Crippen LogP contribution >= 0.6 is 0 Å². The summed E-state index contributed by atoms with van der Waals surface area (Å²) in [6, 6.07) is 6.06. The Bertz CT molecular complexity index is 434. The van der Waals surface area contributed by atoms with Crippen LogP contribution in [-0.4, -0.2) is 55.4 Å². The van der Waals surface area contributed by atoms with Gasteiger partial charge in [-0.15, -0.1) is 0 Å². The molecule has 0 N–H and O–H groups in total. The highest BCUT2D eigenvalue weighted by Gasteiger charge is 2.18. The van der Waals surface area contributed by atoms with Crippen molar-refractivity contribution in [3.8, 4) is 0 Å². The van der Waals surface area contributed by atoms with Gasteiger partial charge in [-0.2, -0.15) is 0 Å². The zero-order chi connectivity index (χ0) is 13.1. The molecule has 3 nitrogen and oxygen atoms in total. The van der Waals surface area contributed by atoms with Gasteiger partial charge in [0.05, 0.1) is 6.54 Å². The minimum atomic E-state index is 0.247. The number of piperazine rings is 1. The van der Waals surface area contributed by atoms with Crippen molar-refractivity contribution in [3.63, 3.8) is 0 Å². The average molecular weight is 246 g/mol. The lowest BCUT2D eigenvalue weighted by atomic mass is 10.0. The van der Waals surface area contributed by atoms with Crippen molar-refractivity contribution >= 4 is 5.78 Å². The highest BCUT2D eigenvalue weighted by atomic mass is 16.1. The predicted octanol–water partition coefficient (Wildman–Crippen LogP) is 1.73. The monoisotopic (exact) mass is 246 g/mol. The van der Waals surface area contributed by atoms with Gasteiger partial charge in [0, 0.05) is 31.7 Å². The third kappa shape index (κ3) is 3.18. The van der Waals surface area contributed by atoms with Crippen molar-refractivity contribution in [2.24, 2.45) is 0 Å². The van der Waals surface area contributed by atoms with Crippen LogP contribution in [0.5, 0.6) is 0 Å². The van der Waals surface area contributed by atoms with E-state index in [2.05, 4.69) is 29.8 Å². The first-order chi connectivity index (χ1) is 8.56. The van der Waals surface area contributed by atoms with Gasteiger partial charge in [-0.1, -0.05) is 23.8 Å². The van der Waals surface area contributed by atoms with Crippen LogP contribution in [0.1, 0.15) is 21.5 Å². The number of carbonyl (C=O) groups is 1. The highest BCUT2D eigenvalue weighted by Crippen LogP contribution is 2.12. The first-order valence-corrected chi connectivity index (χ1v) is 6.57. The summed E-state index contributed by atoms with van der Waals surface area (Å²) in [5.74, 6) is 0.247. The summed E-state index contributed by atoms with van der Waals surface area (Å²) < 4.78 is 0. The molecule has 0 aliphatic carbocycles. The zero-order valence-corrected chi connectivity index (χ0v) is 11.6. The van der Waals surface area contributed by atoms with Crippen molar-refractivity contribution in [2.45, 2.75) is 13.8 Å². The van der Waals surface area contributed by atoms with Crippen LogP contribution in [0.15, 0.2) is 18.2 Å². The normalized spacial score (nSPS) is 17.9. The molecule has 18 heavy (non-hydrogen) atoms. The summed E-state index contributed by atoms with van der Waals surface area (Å²) in [6.45, 7) is 8.73. The third-order valence-corrected chi connectivity index (χ3v) is 3.65. The second-order valence-corrected chi connectivity index (χ2v) is 5.32. The first-order valence-electron chi connectivity index (χ1n) is 6.57. The second-order valence-electron chi connectivity index (χ2n) is 5.32. The fourth-order valence-corrected chi connectivity index (χ4v) is 2.42. The summed E-state index contributed by atoms with van der Waals surface area (Å²) in [6.07, 6.45) is 0. The first kappa shape index (κ1) is 13.2. The van der Waals surface area contributed by atoms with E-state index in [0.717, 1.165) is 37.3 Å². The number of likely N-dealkylation sites (N-methyl/N-ethyl adjacent to an activating group) is 1. The SMILES string of the molecule is Cc1ccc(C(=O)CN2CCN(C)CC2)c(C)c1. The van der Waals surface area contributed by atoms with E-state index < -0.39 is 0 Å². The third-order valence-electron chi connectivity index (χ3n) is 3.65. The van der Waals surface area contributed by atoms with Crippen LogP contribution in [-0.2, 0) is 0 Å². The van der Waals surface area contributed by atoms with Crippen LogP contribution in [0, 0.1) is 13.8 Å². The highest BCUT2D eigenvalue weighted by molar-refractivity contribution is 5.98. The van der Waals surface area contributed by atoms with Gasteiger partial charge in [-0.25, -0.2) is 0 Å². The number of hydrogen-bond acceptors (Lipinski definition) is 3. The van der Waals surface area contributed by atoms with Gasteiger partial charge in [-0.3, -0.25) is 9.69 Å². The minimum absolute atomic E-state index is 0.247. The van der Waals surface area contributed by atoms with Gasteiger partial charge in [0.2, 0.25) is 0 Å². The molecule has 0 saturated carbocycles. The molecule has 0 spiro atoms. The maximum Gasteiger partial charge on any atom is 0.177 e. The Kier molecular flexibility index (Phi) is 4.15. The van der Waals surface area contributed by atoms with E-state index in [4.69, 9.17) is 0 Å². The Balaban J connectivity index is 1.99. The molecule has 0 unspecified atom stereocenters. The molecule has 1 aliphatic heterocycles. The molecule has 1 aliphatic rings. The molecule has 1 aromatic carbocycles. The number of carbonyl (C=O) groups excluding carboxylic acids is 1. The van der Waals surface area contributed by atoms with E-state index in [-0.39, 0.29) is 5.78 Å². The molecule has 0 radical (unpaired) electrons. The molecular formula is C15H22N2O. The standard InChI is InChI=1S/C15H22N2O/c1-12-4-5-14(13(2)10-12)15(18)11-17-8-6-16(3)7-9-17/h4-5,10H,6-9,11H2,1-3H3. The topological polar surface area (TPSA) is 23.6 Å². The molecule has 1 saturated heterocycles. The van der Waals surface area contributed by atoms with Crippen LogP contribution < -0.4 is 0 Å². The van der Waals surface area contributed by atoms with Gasteiger partial charge in [-0.05, 0) is 26.5 Å². The van der Waals surface area contributed by atoms with E-state index in [1.807, 2.05) is 19.1 Å².